The van der Waals surface area contributed by atoms with Gasteiger partial charge in [-0.2, -0.15) is 0 Å². The van der Waals surface area contributed by atoms with Crippen molar-refractivity contribution in [3.8, 4) is 11.5 Å². The van der Waals surface area contributed by atoms with Gasteiger partial charge >= 0.3 is 0 Å². The van der Waals surface area contributed by atoms with E-state index in [2.05, 4.69) is 10.6 Å². The quantitative estimate of drug-likeness (QED) is 0.827. The summed E-state index contributed by atoms with van der Waals surface area (Å²) >= 11 is 5.24. The molecule has 0 bridgehead atoms. The summed E-state index contributed by atoms with van der Waals surface area (Å²) in [5.41, 5.74) is 1.70. The Balaban J connectivity index is 1.95. The highest BCUT2D eigenvalue weighted by Crippen LogP contribution is 2.25. The zero-order valence-corrected chi connectivity index (χ0v) is 13.2. The molecule has 0 saturated heterocycles. The molecule has 22 heavy (non-hydrogen) atoms. The third kappa shape index (κ3) is 4.60. The number of hydrogen-bond acceptors (Lipinski definition) is 3. The summed E-state index contributed by atoms with van der Waals surface area (Å²) in [6.07, 6.45) is 0. The molecule has 0 heterocycles. The first-order valence-corrected chi connectivity index (χ1v) is 7.04. The summed E-state index contributed by atoms with van der Waals surface area (Å²) in [6.45, 7) is 0.507. The number of rotatable bonds is 5. The van der Waals surface area contributed by atoms with Crippen LogP contribution in [0.15, 0.2) is 42.5 Å². The predicted molar refractivity (Wildman–Crippen MR) is 89.0 cm³/mol. The molecule has 0 unspecified atom stereocenters. The Morgan fingerprint density at radius 3 is 2.18 bits per heavy atom. The lowest BCUT2D eigenvalue weighted by Gasteiger charge is -2.13. The van der Waals surface area contributed by atoms with Gasteiger partial charge < -0.3 is 20.1 Å². The second kappa shape index (κ2) is 7.61. The Bertz CT molecular complexity index is 625. The predicted octanol–water partition coefficient (Wildman–Crippen LogP) is 3.33. The zero-order chi connectivity index (χ0) is 15.9. The molecule has 116 valence electrons. The zero-order valence-electron chi connectivity index (χ0n) is 12.4. The van der Waals surface area contributed by atoms with Crippen molar-refractivity contribution >= 4 is 23.0 Å². The van der Waals surface area contributed by atoms with Crippen LogP contribution in [0.3, 0.4) is 0 Å². The molecule has 0 saturated carbocycles. The lowest BCUT2D eigenvalue weighted by Crippen LogP contribution is -2.27. The van der Waals surface area contributed by atoms with Crippen molar-refractivity contribution in [1.82, 2.24) is 5.32 Å². The topological polar surface area (TPSA) is 42.5 Å². The molecular formula is C16H17FN2O2S. The van der Waals surface area contributed by atoms with Crippen LogP contribution in [0.4, 0.5) is 10.1 Å². The highest BCUT2D eigenvalue weighted by atomic mass is 32.1. The number of ether oxygens (including phenoxy) is 2. The van der Waals surface area contributed by atoms with Crippen molar-refractivity contribution < 1.29 is 13.9 Å². The van der Waals surface area contributed by atoms with Crippen LogP contribution in [0.25, 0.3) is 0 Å². The van der Waals surface area contributed by atoms with E-state index >= 15 is 0 Å². The first-order valence-electron chi connectivity index (χ1n) is 6.63. The monoisotopic (exact) mass is 320 g/mol. The van der Waals surface area contributed by atoms with Gasteiger partial charge in [-0.25, -0.2) is 4.39 Å². The Morgan fingerprint density at radius 2 is 1.64 bits per heavy atom. The minimum absolute atomic E-state index is 0.257. The molecule has 0 atom stereocenters. The second-order valence-electron chi connectivity index (χ2n) is 4.54. The molecule has 0 fully saturated rings. The lowest BCUT2D eigenvalue weighted by molar-refractivity contribution is 0.395. The van der Waals surface area contributed by atoms with Gasteiger partial charge in [-0.3, -0.25) is 0 Å². The smallest absolute Gasteiger partial charge is 0.171 e. The van der Waals surface area contributed by atoms with Gasteiger partial charge in [0.2, 0.25) is 0 Å². The minimum atomic E-state index is -0.257. The highest BCUT2D eigenvalue weighted by molar-refractivity contribution is 7.80. The number of halogens is 1. The summed E-state index contributed by atoms with van der Waals surface area (Å²) in [4.78, 5) is 0. The molecular weight excluding hydrogens is 303 g/mol. The van der Waals surface area contributed by atoms with E-state index in [1.54, 1.807) is 32.4 Å². The van der Waals surface area contributed by atoms with Crippen LogP contribution in [-0.2, 0) is 6.54 Å². The summed E-state index contributed by atoms with van der Waals surface area (Å²) in [5.74, 6) is 1.08. The van der Waals surface area contributed by atoms with Crippen molar-refractivity contribution in [1.29, 1.82) is 0 Å². The highest BCUT2D eigenvalue weighted by Gasteiger charge is 2.04. The Kier molecular flexibility index (Phi) is 5.55. The Morgan fingerprint density at radius 1 is 1.05 bits per heavy atom. The van der Waals surface area contributed by atoms with E-state index < -0.39 is 0 Å². The van der Waals surface area contributed by atoms with Gasteiger partial charge in [0.25, 0.3) is 0 Å². The molecule has 0 amide bonds. The maximum absolute atomic E-state index is 12.8. The molecule has 0 aromatic heterocycles. The third-order valence-electron chi connectivity index (χ3n) is 2.98. The molecule has 0 aliphatic rings. The summed E-state index contributed by atoms with van der Waals surface area (Å²) in [5, 5.41) is 6.58. The number of thiocarbonyl (C=S) groups is 1. The van der Waals surface area contributed by atoms with Gasteiger partial charge in [-0.1, -0.05) is 12.1 Å². The average molecular weight is 320 g/mol. The van der Waals surface area contributed by atoms with Crippen molar-refractivity contribution in [2.75, 3.05) is 19.5 Å². The summed E-state index contributed by atoms with van der Waals surface area (Å²) in [7, 11) is 3.17. The van der Waals surface area contributed by atoms with Crippen LogP contribution >= 0.6 is 12.2 Å². The fourth-order valence-corrected chi connectivity index (χ4v) is 2.03. The van der Waals surface area contributed by atoms with Gasteiger partial charge in [0.05, 0.1) is 14.2 Å². The lowest BCUT2D eigenvalue weighted by atomic mass is 10.2. The first kappa shape index (κ1) is 16.0. The minimum Gasteiger partial charge on any atom is -0.497 e. The molecule has 2 aromatic rings. The van der Waals surface area contributed by atoms with Crippen molar-refractivity contribution in [3.63, 3.8) is 0 Å². The SMILES string of the molecule is COc1cc(NC(=S)NCc2ccc(F)cc2)cc(OC)c1. The van der Waals surface area contributed by atoms with Gasteiger partial charge in [0, 0.05) is 30.4 Å². The third-order valence-corrected chi connectivity index (χ3v) is 3.22. The molecule has 0 spiro atoms. The van der Waals surface area contributed by atoms with E-state index in [0.29, 0.717) is 23.2 Å². The molecule has 2 N–H and O–H groups in total. The fourth-order valence-electron chi connectivity index (χ4n) is 1.84. The molecule has 0 radical (unpaired) electrons. The van der Waals surface area contributed by atoms with Gasteiger partial charge in [-0.15, -0.1) is 0 Å². The van der Waals surface area contributed by atoms with Gasteiger partial charge in [0.1, 0.15) is 17.3 Å². The second-order valence-corrected chi connectivity index (χ2v) is 4.94. The van der Waals surface area contributed by atoms with Crippen LogP contribution in [0.2, 0.25) is 0 Å². The van der Waals surface area contributed by atoms with Crippen LogP contribution in [0.1, 0.15) is 5.56 Å². The molecule has 0 aliphatic heterocycles. The molecule has 6 heteroatoms. The largest absolute Gasteiger partial charge is 0.497 e. The number of hydrogen-bond donors (Lipinski definition) is 2. The molecule has 4 nitrogen and oxygen atoms in total. The fraction of sp³-hybridized carbons (Fsp3) is 0.188. The van der Waals surface area contributed by atoms with Crippen LogP contribution < -0.4 is 20.1 Å². The number of benzene rings is 2. The maximum atomic E-state index is 12.8. The summed E-state index contributed by atoms with van der Waals surface area (Å²) < 4.78 is 23.2. The van der Waals surface area contributed by atoms with E-state index in [1.165, 1.54) is 12.1 Å². The van der Waals surface area contributed by atoms with Crippen LogP contribution in [-0.4, -0.2) is 19.3 Å². The number of nitrogens with one attached hydrogen (secondary N) is 2. The van der Waals surface area contributed by atoms with Crippen molar-refractivity contribution in [2.45, 2.75) is 6.54 Å². The van der Waals surface area contributed by atoms with E-state index in [0.717, 1.165) is 11.3 Å². The average Bonchev–Trinajstić information content (AvgIpc) is 2.54. The van der Waals surface area contributed by atoms with E-state index in [4.69, 9.17) is 21.7 Å². The first-order chi connectivity index (χ1) is 10.6. The number of methoxy groups -OCH3 is 2. The Labute approximate surface area is 134 Å². The normalized spacial score (nSPS) is 9.95. The van der Waals surface area contributed by atoms with Crippen molar-refractivity contribution in [2.24, 2.45) is 0 Å². The van der Waals surface area contributed by atoms with E-state index in [9.17, 15) is 4.39 Å². The standard InChI is InChI=1S/C16H17FN2O2S/c1-20-14-7-13(8-15(9-14)21-2)19-16(22)18-10-11-3-5-12(17)6-4-11/h3-9H,10H2,1-2H3,(H2,18,19,22). The van der Waals surface area contributed by atoms with Crippen LogP contribution in [0, 0.1) is 5.82 Å². The molecule has 2 rings (SSSR count). The molecule has 2 aromatic carbocycles. The van der Waals surface area contributed by atoms with Gasteiger partial charge in [0.15, 0.2) is 5.11 Å². The van der Waals surface area contributed by atoms with E-state index in [1.807, 2.05) is 12.1 Å². The Hall–Kier alpha value is -2.34. The van der Waals surface area contributed by atoms with Gasteiger partial charge in [-0.05, 0) is 29.9 Å². The number of anilines is 1. The summed E-state index contributed by atoms with van der Waals surface area (Å²) in [6, 6.07) is 11.7. The van der Waals surface area contributed by atoms with E-state index in [-0.39, 0.29) is 5.82 Å². The maximum Gasteiger partial charge on any atom is 0.171 e. The van der Waals surface area contributed by atoms with Crippen LogP contribution in [0.5, 0.6) is 11.5 Å². The molecule has 0 aliphatic carbocycles. The van der Waals surface area contributed by atoms with Crippen molar-refractivity contribution in [3.05, 3.63) is 53.8 Å².